The molecule has 0 aliphatic heterocycles. The molecule has 0 saturated heterocycles. The number of ether oxygens (including phenoxy) is 2. The average Bonchev–Trinajstić information content (AvgIpc) is 3.58. The molecule has 0 spiro atoms. The molecule has 0 bridgehead atoms. The summed E-state index contributed by atoms with van der Waals surface area (Å²) in [5.41, 5.74) is 4.14. The summed E-state index contributed by atoms with van der Waals surface area (Å²) in [7, 11) is 5.23. The summed E-state index contributed by atoms with van der Waals surface area (Å²) in [6.45, 7) is 10.6. The van der Waals surface area contributed by atoms with Gasteiger partial charge in [0.1, 0.15) is 48.3 Å². The molecular weight excluding hydrogens is 626 g/mol. The SMILES string of the molecule is C=Nc1cc(C=O)cc(OC)c1N(C/C=C/CN(CNC)c1c(N=C)cc(C=O)cc1OC/C=C/Cn1cc(NCCC=O)cn1)CNC. The van der Waals surface area contributed by atoms with Crippen LogP contribution in [-0.2, 0) is 11.3 Å². The van der Waals surface area contributed by atoms with Gasteiger partial charge in [0.05, 0.1) is 50.3 Å². The van der Waals surface area contributed by atoms with Crippen molar-refractivity contribution in [2.75, 3.05) is 75.9 Å². The number of methoxy groups -OCH3 is 1. The number of allylic oxidation sites excluding steroid dienone is 1. The first-order valence-corrected chi connectivity index (χ1v) is 15.6. The lowest BCUT2D eigenvalue weighted by Crippen LogP contribution is -2.34. The normalized spacial score (nSPS) is 11.0. The van der Waals surface area contributed by atoms with E-state index in [2.05, 4.69) is 44.5 Å². The second-order valence-electron chi connectivity index (χ2n) is 10.6. The van der Waals surface area contributed by atoms with Crippen LogP contribution >= 0.6 is 0 Å². The van der Waals surface area contributed by atoms with Gasteiger partial charge < -0.3 is 40.0 Å². The smallest absolute Gasteiger partial charge is 0.150 e. The Morgan fingerprint density at radius 3 is 1.98 bits per heavy atom. The van der Waals surface area contributed by atoms with Gasteiger partial charge in [-0.1, -0.05) is 18.2 Å². The third-order valence-corrected chi connectivity index (χ3v) is 7.15. The van der Waals surface area contributed by atoms with Crippen LogP contribution in [0.15, 0.2) is 70.9 Å². The Bertz CT molecular complexity index is 1620. The number of carbonyl (C=O) groups is 3. The summed E-state index contributed by atoms with van der Waals surface area (Å²) in [6, 6.07) is 6.71. The zero-order valence-corrected chi connectivity index (χ0v) is 28.3. The van der Waals surface area contributed by atoms with E-state index in [4.69, 9.17) is 9.47 Å². The lowest BCUT2D eigenvalue weighted by atomic mass is 10.1. The van der Waals surface area contributed by atoms with Crippen molar-refractivity contribution in [3.8, 4) is 11.5 Å². The van der Waals surface area contributed by atoms with Gasteiger partial charge >= 0.3 is 0 Å². The van der Waals surface area contributed by atoms with E-state index in [0.717, 1.165) is 24.5 Å². The fraction of sp³-hybridized carbons (Fsp3) is 0.314. The predicted molar refractivity (Wildman–Crippen MR) is 196 cm³/mol. The molecule has 0 radical (unpaired) electrons. The highest BCUT2D eigenvalue weighted by Crippen LogP contribution is 2.40. The van der Waals surface area contributed by atoms with Crippen LogP contribution in [-0.4, -0.2) is 103 Å². The zero-order chi connectivity index (χ0) is 35.4. The number of aromatic nitrogens is 2. The van der Waals surface area contributed by atoms with Gasteiger partial charge in [0.15, 0.2) is 0 Å². The number of nitrogens with one attached hydrogen (secondary N) is 3. The van der Waals surface area contributed by atoms with Crippen molar-refractivity contribution >= 4 is 60.7 Å². The molecule has 0 saturated carbocycles. The Hall–Kier alpha value is -5.60. The molecule has 3 N–H and O–H groups in total. The molecule has 0 fully saturated rings. The van der Waals surface area contributed by atoms with Gasteiger partial charge in [0.2, 0.25) is 0 Å². The van der Waals surface area contributed by atoms with Crippen molar-refractivity contribution in [3.63, 3.8) is 0 Å². The van der Waals surface area contributed by atoms with E-state index in [1.54, 1.807) is 42.3 Å². The molecule has 2 aromatic carbocycles. The topological polar surface area (TPSA) is 155 Å². The van der Waals surface area contributed by atoms with Crippen molar-refractivity contribution in [3.05, 3.63) is 72.1 Å². The summed E-state index contributed by atoms with van der Waals surface area (Å²) < 4.78 is 13.6. The number of anilines is 3. The second-order valence-corrected chi connectivity index (χ2v) is 10.6. The second kappa shape index (κ2) is 20.6. The molecule has 14 nitrogen and oxygen atoms in total. The van der Waals surface area contributed by atoms with Crippen molar-refractivity contribution in [2.45, 2.75) is 13.0 Å². The molecule has 49 heavy (non-hydrogen) atoms. The first-order valence-electron chi connectivity index (χ1n) is 15.6. The average molecular weight is 672 g/mol. The monoisotopic (exact) mass is 671 g/mol. The van der Waals surface area contributed by atoms with E-state index < -0.39 is 0 Å². The maximum absolute atomic E-state index is 11.8. The third-order valence-electron chi connectivity index (χ3n) is 7.15. The Labute approximate surface area is 287 Å². The standard InChI is InChI=1S/C35H45N9O5/c1-36-25-42(34-30(38-3)17-27(23-46)19-32(34)48-5)12-6-7-13-43(26-37-2)35-31(39-4)18-28(24-47)20-33(35)49-16-9-8-14-44-22-29(21-41-44)40-11-10-15-45/h6-9,15,17-24,36-37,40H,3-4,10-14,16,25-26H2,1-2,5H3/b7-6+,9-8+. The summed E-state index contributed by atoms with van der Waals surface area (Å²) >= 11 is 0. The van der Waals surface area contributed by atoms with Gasteiger partial charge in [-0.2, -0.15) is 5.10 Å². The van der Waals surface area contributed by atoms with E-state index in [9.17, 15) is 14.4 Å². The fourth-order valence-corrected chi connectivity index (χ4v) is 4.98. The highest BCUT2D eigenvalue weighted by atomic mass is 16.5. The number of rotatable bonds is 24. The highest BCUT2D eigenvalue weighted by molar-refractivity contribution is 5.86. The molecule has 260 valence electrons. The quantitative estimate of drug-likeness (QED) is 0.0416. The molecule has 14 heteroatoms. The van der Waals surface area contributed by atoms with Crippen LogP contribution in [0.4, 0.5) is 28.4 Å². The van der Waals surface area contributed by atoms with E-state index in [-0.39, 0.29) is 6.61 Å². The van der Waals surface area contributed by atoms with Crippen LogP contribution in [0.5, 0.6) is 11.5 Å². The van der Waals surface area contributed by atoms with Gasteiger partial charge in [-0.3, -0.25) is 24.3 Å². The Morgan fingerprint density at radius 2 is 1.45 bits per heavy atom. The maximum atomic E-state index is 11.8. The molecule has 1 heterocycles. The minimum absolute atomic E-state index is 0.240. The van der Waals surface area contributed by atoms with Crippen molar-refractivity contribution in [1.82, 2.24) is 20.4 Å². The predicted octanol–water partition coefficient (Wildman–Crippen LogP) is 4.04. The van der Waals surface area contributed by atoms with Crippen LogP contribution in [0.1, 0.15) is 27.1 Å². The summed E-state index contributed by atoms with van der Waals surface area (Å²) in [5, 5.41) is 13.8. The van der Waals surface area contributed by atoms with Crippen LogP contribution in [0.3, 0.4) is 0 Å². The molecule has 1 aromatic heterocycles. The van der Waals surface area contributed by atoms with Crippen LogP contribution in [0, 0.1) is 0 Å². The molecular formula is C35H45N9O5. The van der Waals surface area contributed by atoms with Gasteiger partial charge in [-0.15, -0.1) is 0 Å². The summed E-state index contributed by atoms with van der Waals surface area (Å²) in [6.07, 6.45) is 14.2. The Kier molecular flexibility index (Phi) is 15.9. The van der Waals surface area contributed by atoms with Gasteiger partial charge in [-0.05, 0) is 57.9 Å². The zero-order valence-electron chi connectivity index (χ0n) is 28.3. The van der Waals surface area contributed by atoms with E-state index >= 15 is 0 Å². The minimum atomic E-state index is 0.240. The number of hydrogen-bond donors (Lipinski definition) is 3. The van der Waals surface area contributed by atoms with Crippen molar-refractivity contribution < 1.29 is 23.9 Å². The summed E-state index contributed by atoms with van der Waals surface area (Å²) in [4.78, 5) is 46.2. The molecule has 0 unspecified atom stereocenters. The van der Waals surface area contributed by atoms with Crippen LogP contribution in [0.2, 0.25) is 0 Å². The van der Waals surface area contributed by atoms with Gasteiger partial charge in [-0.25, -0.2) is 0 Å². The van der Waals surface area contributed by atoms with Gasteiger partial charge in [0, 0.05) is 43.4 Å². The number of nitrogens with zero attached hydrogens (tertiary/aromatic N) is 6. The molecule has 3 aromatic rings. The Balaban J connectivity index is 1.78. The fourth-order valence-electron chi connectivity index (χ4n) is 4.98. The van der Waals surface area contributed by atoms with E-state index in [0.29, 0.717) is 91.3 Å². The number of hydrogen-bond acceptors (Lipinski definition) is 13. The van der Waals surface area contributed by atoms with Crippen molar-refractivity contribution in [1.29, 1.82) is 0 Å². The highest BCUT2D eigenvalue weighted by Gasteiger charge is 2.19. The van der Waals surface area contributed by atoms with Gasteiger partial charge in [0.25, 0.3) is 0 Å². The molecule has 0 atom stereocenters. The number of aliphatic imine (C=N–C) groups is 2. The lowest BCUT2D eigenvalue weighted by molar-refractivity contribution is -0.107. The number of aldehydes is 3. The molecule has 0 aliphatic carbocycles. The summed E-state index contributed by atoms with van der Waals surface area (Å²) in [5.74, 6) is 0.997. The lowest BCUT2D eigenvalue weighted by Gasteiger charge is -2.28. The molecule has 0 amide bonds. The van der Waals surface area contributed by atoms with Crippen LogP contribution in [0.25, 0.3) is 0 Å². The van der Waals surface area contributed by atoms with E-state index in [1.165, 1.54) is 0 Å². The largest absolute Gasteiger partial charge is 0.494 e. The van der Waals surface area contributed by atoms with Crippen molar-refractivity contribution in [2.24, 2.45) is 9.98 Å². The Morgan fingerprint density at radius 1 is 0.857 bits per heavy atom. The van der Waals surface area contributed by atoms with Crippen LogP contribution < -0.4 is 35.2 Å². The third kappa shape index (κ3) is 11.0. The first-order chi connectivity index (χ1) is 24.0. The molecule has 3 rings (SSSR count). The number of benzene rings is 2. The number of carbonyl (C=O) groups excluding carboxylic acids is 3. The minimum Gasteiger partial charge on any atom is -0.494 e. The van der Waals surface area contributed by atoms with E-state index in [1.807, 2.05) is 54.4 Å². The first kappa shape index (κ1) is 37.9. The molecule has 0 aliphatic rings. The maximum Gasteiger partial charge on any atom is 0.150 e.